The molecule has 1 amide bonds. The second-order valence-electron chi connectivity index (χ2n) is 7.32. The summed E-state index contributed by atoms with van der Waals surface area (Å²) in [4.78, 5) is 14.9. The molecule has 25 heavy (non-hydrogen) atoms. The number of amides is 1. The smallest absolute Gasteiger partial charge is 0.255 e. The lowest BCUT2D eigenvalue weighted by Crippen LogP contribution is -2.43. The quantitative estimate of drug-likeness (QED) is 0.507. The molecule has 3 fully saturated rings. The van der Waals surface area contributed by atoms with Gasteiger partial charge >= 0.3 is 0 Å². The van der Waals surface area contributed by atoms with Gasteiger partial charge in [0.2, 0.25) is 6.79 Å². The third-order valence-electron chi connectivity index (χ3n) is 5.27. The molecule has 1 aromatic carbocycles. The van der Waals surface area contributed by atoms with Crippen LogP contribution in [-0.4, -0.2) is 58.9 Å². The average Bonchev–Trinajstić information content (AvgIpc) is 2.89. The summed E-state index contributed by atoms with van der Waals surface area (Å²) in [5.41, 5.74) is 0.587. The number of carbonyl (C=O) groups is 1. The van der Waals surface area contributed by atoms with Crippen molar-refractivity contribution >= 4 is 28.5 Å². The highest BCUT2D eigenvalue weighted by Gasteiger charge is 2.66. The van der Waals surface area contributed by atoms with E-state index in [4.69, 9.17) is 18.9 Å². The van der Waals surface area contributed by atoms with Gasteiger partial charge in [-0.25, -0.2) is 0 Å². The number of likely N-dealkylation sites (tertiary alicyclic amines) is 1. The average molecular weight is 459 g/mol. The minimum atomic E-state index is -0.740. The van der Waals surface area contributed by atoms with Gasteiger partial charge in [0.1, 0.15) is 12.2 Å². The van der Waals surface area contributed by atoms with Gasteiger partial charge in [0.25, 0.3) is 5.91 Å². The molecule has 4 aliphatic rings. The Labute approximate surface area is 158 Å². The van der Waals surface area contributed by atoms with Crippen LogP contribution in [0.3, 0.4) is 0 Å². The molecule has 134 valence electrons. The van der Waals surface area contributed by atoms with Crippen molar-refractivity contribution in [3.8, 4) is 11.5 Å². The summed E-state index contributed by atoms with van der Waals surface area (Å²) in [6, 6.07) is 3.49. The summed E-state index contributed by atoms with van der Waals surface area (Å²) in [5.74, 6) is 0.441. The van der Waals surface area contributed by atoms with Crippen molar-refractivity contribution in [2.24, 2.45) is 0 Å². The number of benzene rings is 1. The Morgan fingerprint density at radius 1 is 1.24 bits per heavy atom. The van der Waals surface area contributed by atoms with E-state index in [0.29, 0.717) is 23.5 Å². The Morgan fingerprint density at radius 3 is 2.68 bits per heavy atom. The lowest BCUT2D eigenvalue weighted by atomic mass is 9.92. The predicted molar refractivity (Wildman–Crippen MR) is 93.5 cm³/mol. The van der Waals surface area contributed by atoms with E-state index >= 15 is 0 Å². The van der Waals surface area contributed by atoms with Crippen LogP contribution in [0.5, 0.6) is 11.5 Å². The van der Waals surface area contributed by atoms with Crippen molar-refractivity contribution < 1.29 is 28.8 Å². The maximum absolute atomic E-state index is 13.1. The standard InChI is InChI=1S/C17H18INO6/c1-17(2)24-14-10(20)5-9-13(15(14)25-17)19(9)16(21)7-3-11-12(4-8(7)18)23-6-22-11/h3-4,9-10,13-15,20H,5-6H2,1-2H3/t9-,10-,13-,14-,15+,19?/m1/s1. The molecular formula is C17H18INO6. The summed E-state index contributed by atoms with van der Waals surface area (Å²) in [5, 5.41) is 10.4. The number of ether oxygens (including phenoxy) is 4. The Morgan fingerprint density at radius 2 is 1.92 bits per heavy atom. The first-order valence-electron chi connectivity index (χ1n) is 8.31. The molecule has 0 spiro atoms. The van der Waals surface area contributed by atoms with Crippen LogP contribution in [-0.2, 0) is 9.47 Å². The Bertz CT molecular complexity index is 768. The fourth-order valence-electron chi connectivity index (χ4n) is 4.20. The molecule has 0 unspecified atom stereocenters. The van der Waals surface area contributed by atoms with E-state index in [1.54, 1.807) is 11.0 Å². The normalized spacial score (nSPS) is 36.8. The Balaban J connectivity index is 1.43. The first-order chi connectivity index (χ1) is 11.9. The summed E-state index contributed by atoms with van der Waals surface area (Å²) < 4.78 is 23.4. The number of hydrogen-bond donors (Lipinski definition) is 1. The molecule has 7 nitrogen and oxygen atoms in total. The topological polar surface area (TPSA) is 77.2 Å². The highest BCUT2D eigenvalue weighted by atomic mass is 127. The Hall–Kier alpha value is -1.10. The molecule has 0 aromatic heterocycles. The van der Waals surface area contributed by atoms with E-state index in [-0.39, 0.29) is 37.0 Å². The van der Waals surface area contributed by atoms with Crippen molar-refractivity contribution in [3.05, 3.63) is 21.3 Å². The van der Waals surface area contributed by atoms with Crippen LogP contribution < -0.4 is 9.47 Å². The van der Waals surface area contributed by atoms with Gasteiger partial charge in [0, 0.05) is 3.57 Å². The number of hydrogen-bond acceptors (Lipinski definition) is 6. The van der Waals surface area contributed by atoms with Gasteiger partial charge in [0.15, 0.2) is 17.3 Å². The van der Waals surface area contributed by atoms with Crippen molar-refractivity contribution in [1.82, 2.24) is 4.90 Å². The highest BCUT2D eigenvalue weighted by molar-refractivity contribution is 14.1. The molecule has 1 saturated carbocycles. The zero-order chi connectivity index (χ0) is 17.5. The first kappa shape index (κ1) is 16.1. The van der Waals surface area contributed by atoms with Gasteiger partial charge in [-0.15, -0.1) is 0 Å². The number of nitrogens with zero attached hydrogens (tertiary/aromatic N) is 1. The van der Waals surface area contributed by atoms with Gasteiger partial charge in [-0.2, -0.15) is 0 Å². The van der Waals surface area contributed by atoms with Crippen molar-refractivity contribution in [1.29, 1.82) is 0 Å². The van der Waals surface area contributed by atoms with Gasteiger partial charge in [-0.05, 0) is 55.0 Å². The predicted octanol–water partition coefficient (Wildman–Crippen LogP) is 1.50. The third-order valence-corrected chi connectivity index (χ3v) is 6.17. The molecule has 1 N–H and O–H groups in total. The molecular weight excluding hydrogens is 441 g/mol. The van der Waals surface area contributed by atoms with Crippen LogP contribution in [0, 0.1) is 3.57 Å². The number of aliphatic hydroxyl groups excluding tert-OH is 1. The van der Waals surface area contributed by atoms with Crippen molar-refractivity contribution in [2.45, 2.75) is 56.5 Å². The molecule has 0 bridgehead atoms. The van der Waals surface area contributed by atoms with Crippen LogP contribution >= 0.6 is 22.6 Å². The molecule has 1 aliphatic carbocycles. The number of fused-ring (bicyclic) bond motifs is 4. The summed E-state index contributed by atoms with van der Waals surface area (Å²) in [6.07, 6.45) is -0.788. The molecule has 3 aliphatic heterocycles. The largest absolute Gasteiger partial charge is 0.454 e. The van der Waals surface area contributed by atoms with Crippen LogP contribution in [0.2, 0.25) is 0 Å². The van der Waals surface area contributed by atoms with Gasteiger partial charge in [-0.1, -0.05) is 0 Å². The van der Waals surface area contributed by atoms with Crippen molar-refractivity contribution in [3.63, 3.8) is 0 Å². The van der Waals surface area contributed by atoms with Gasteiger partial charge < -0.3 is 29.0 Å². The van der Waals surface area contributed by atoms with E-state index < -0.39 is 11.9 Å². The lowest BCUT2D eigenvalue weighted by molar-refractivity contribution is -0.154. The van der Waals surface area contributed by atoms with Gasteiger partial charge in [-0.3, -0.25) is 4.79 Å². The molecule has 2 saturated heterocycles. The summed E-state index contributed by atoms with van der Waals surface area (Å²) in [7, 11) is 0. The van der Waals surface area contributed by atoms with E-state index in [1.165, 1.54) is 0 Å². The molecule has 5 atom stereocenters. The number of halogens is 1. The number of rotatable bonds is 1. The second kappa shape index (κ2) is 5.21. The van der Waals surface area contributed by atoms with Crippen LogP contribution in [0.15, 0.2) is 12.1 Å². The SMILES string of the molecule is CC1(C)O[C@@H]2[C@H](O1)[C@H](O)C[C@@H]1[C@H]2N1C(=O)c1cc2c(cc1I)OCO2. The van der Waals surface area contributed by atoms with E-state index in [0.717, 1.165) is 3.57 Å². The zero-order valence-electron chi connectivity index (χ0n) is 13.8. The monoisotopic (exact) mass is 459 g/mol. The molecule has 8 heteroatoms. The highest BCUT2D eigenvalue weighted by Crippen LogP contribution is 2.49. The first-order valence-corrected chi connectivity index (χ1v) is 9.39. The zero-order valence-corrected chi connectivity index (χ0v) is 15.9. The molecule has 1 aromatic rings. The molecule has 0 radical (unpaired) electrons. The number of aliphatic hydroxyl groups is 1. The van der Waals surface area contributed by atoms with E-state index in [1.807, 2.05) is 19.9 Å². The second-order valence-corrected chi connectivity index (χ2v) is 8.49. The van der Waals surface area contributed by atoms with Crippen LogP contribution in [0.4, 0.5) is 0 Å². The van der Waals surface area contributed by atoms with E-state index in [9.17, 15) is 9.90 Å². The number of carbonyl (C=O) groups excluding carboxylic acids is 1. The molecule has 3 heterocycles. The fourth-order valence-corrected chi connectivity index (χ4v) is 4.87. The van der Waals surface area contributed by atoms with Gasteiger partial charge in [0.05, 0.1) is 23.8 Å². The summed E-state index contributed by atoms with van der Waals surface area (Å²) >= 11 is 2.14. The minimum Gasteiger partial charge on any atom is -0.454 e. The van der Waals surface area contributed by atoms with Crippen molar-refractivity contribution in [2.75, 3.05) is 6.79 Å². The van der Waals surface area contributed by atoms with Crippen LogP contribution in [0.1, 0.15) is 30.6 Å². The fraction of sp³-hybridized carbons (Fsp3) is 0.588. The minimum absolute atomic E-state index is 0.0116. The molecule has 5 rings (SSSR count). The maximum Gasteiger partial charge on any atom is 0.255 e. The Kier molecular flexibility index (Phi) is 3.36. The third kappa shape index (κ3) is 2.37. The van der Waals surface area contributed by atoms with Crippen LogP contribution in [0.25, 0.3) is 0 Å². The maximum atomic E-state index is 13.1. The summed E-state index contributed by atoms with van der Waals surface area (Å²) in [6.45, 7) is 3.85. The van der Waals surface area contributed by atoms with E-state index in [2.05, 4.69) is 22.6 Å². The lowest BCUT2D eigenvalue weighted by Gasteiger charge is -2.24.